The Morgan fingerprint density at radius 2 is 2.15 bits per heavy atom. The molecule has 1 aromatic heterocycles. The third-order valence-corrected chi connectivity index (χ3v) is 4.39. The van der Waals surface area contributed by atoms with Crippen LogP contribution >= 0.6 is 11.8 Å². The molecule has 1 heterocycles. The molecular formula is C14H19F3N2S. The Morgan fingerprint density at radius 1 is 1.40 bits per heavy atom. The molecule has 6 heteroatoms. The zero-order chi connectivity index (χ0) is 14.6. The van der Waals surface area contributed by atoms with E-state index in [1.165, 1.54) is 30.7 Å². The van der Waals surface area contributed by atoms with Gasteiger partial charge in [-0.2, -0.15) is 13.2 Å². The fourth-order valence-electron chi connectivity index (χ4n) is 2.00. The van der Waals surface area contributed by atoms with Crippen molar-refractivity contribution >= 4 is 11.8 Å². The lowest BCUT2D eigenvalue weighted by atomic mass is 10.2. The van der Waals surface area contributed by atoms with E-state index in [-0.39, 0.29) is 0 Å². The van der Waals surface area contributed by atoms with E-state index in [1.54, 1.807) is 0 Å². The Morgan fingerprint density at radius 3 is 2.65 bits per heavy atom. The van der Waals surface area contributed by atoms with Gasteiger partial charge in [-0.1, -0.05) is 6.92 Å². The first kappa shape index (κ1) is 15.6. The van der Waals surface area contributed by atoms with Gasteiger partial charge in [0.05, 0.1) is 10.6 Å². The predicted molar refractivity (Wildman–Crippen MR) is 74.8 cm³/mol. The summed E-state index contributed by atoms with van der Waals surface area (Å²) in [6.45, 7) is 3.11. The van der Waals surface area contributed by atoms with E-state index >= 15 is 0 Å². The summed E-state index contributed by atoms with van der Waals surface area (Å²) in [5, 5.41) is 4.16. The molecule has 0 aliphatic heterocycles. The Bertz CT molecular complexity index is 415. The van der Waals surface area contributed by atoms with Crippen molar-refractivity contribution in [1.29, 1.82) is 0 Å². The predicted octanol–water partition coefficient (Wildman–Crippen LogP) is 3.97. The molecule has 1 atom stereocenters. The number of rotatable bonds is 7. The van der Waals surface area contributed by atoms with Gasteiger partial charge in [-0.3, -0.25) is 0 Å². The Kier molecular flexibility index (Phi) is 5.32. The SMILES string of the molecule is CCCNC(CSc1ccc(C(F)(F)F)cn1)C1CC1. The topological polar surface area (TPSA) is 24.9 Å². The van der Waals surface area contributed by atoms with Crippen molar-refractivity contribution in [1.82, 2.24) is 10.3 Å². The Labute approximate surface area is 121 Å². The summed E-state index contributed by atoms with van der Waals surface area (Å²) in [6, 6.07) is 3.00. The summed E-state index contributed by atoms with van der Waals surface area (Å²) in [7, 11) is 0. The van der Waals surface area contributed by atoms with Gasteiger partial charge in [0.15, 0.2) is 0 Å². The van der Waals surface area contributed by atoms with E-state index in [0.717, 1.165) is 36.9 Å². The van der Waals surface area contributed by atoms with Gasteiger partial charge in [0, 0.05) is 18.0 Å². The molecule has 1 aromatic rings. The average Bonchev–Trinajstić information content (AvgIpc) is 3.23. The molecule has 1 fully saturated rings. The number of halogens is 3. The van der Waals surface area contributed by atoms with Gasteiger partial charge in [-0.25, -0.2) is 4.98 Å². The molecule has 0 saturated heterocycles. The molecule has 1 aliphatic carbocycles. The van der Waals surface area contributed by atoms with Gasteiger partial charge in [-0.15, -0.1) is 11.8 Å². The van der Waals surface area contributed by atoms with E-state index in [9.17, 15) is 13.2 Å². The van der Waals surface area contributed by atoms with E-state index in [0.29, 0.717) is 11.1 Å². The number of alkyl halides is 3. The third-order valence-electron chi connectivity index (χ3n) is 3.32. The fraction of sp³-hybridized carbons (Fsp3) is 0.643. The Hall–Kier alpha value is -0.750. The normalized spacial score (nSPS) is 17.2. The van der Waals surface area contributed by atoms with Crippen molar-refractivity contribution in [2.45, 2.75) is 43.4 Å². The molecule has 1 unspecified atom stereocenters. The van der Waals surface area contributed by atoms with Crippen LogP contribution in [0.1, 0.15) is 31.7 Å². The number of hydrogen-bond acceptors (Lipinski definition) is 3. The highest BCUT2D eigenvalue weighted by molar-refractivity contribution is 7.99. The van der Waals surface area contributed by atoms with Crippen LogP contribution in [0.25, 0.3) is 0 Å². The van der Waals surface area contributed by atoms with Crippen molar-refractivity contribution in [3.05, 3.63) is 23.9 Å². The maximum absolute atomic E-state index is 12.4. The van der Waals surface area contributed by atoms with E-state index in [4.69, 9.17) is 0 Å². The minimum Gasteiger partial charge on any atom is -0.313 e. The second kappa shape index (κ2) is 6.80. The molecule has 1 N–H and O–H groups in total. The van der Waals surface area contributed by atoms with Gasteiger partial charge in [0.1, 0.15) is 0 Å². The Balaban J connectivity index is 1.86. The molecule has 112 valence electrons. The molecule has 0 bridgehead atoms. The quantitative estimate of drug-likeness (QED) is 0.772. The molecular weight excluding hydrogens is 285 g/mol. The highest BCUT2D eigenvalue weighted by Crippen LogP contribution is 2.35. The molecule has 0 amide bonds. The molecule has 0 aromatic carbocycles. The van der Waals surface area contributed by atoms with Crippen molar-refractivity contribution in [3.63, 3.8) is 0 Å². The highest BCUT2D eigenvalue weighted by Gasteiger charge is 2.32. The van der Waals surface area contributed by atoms with Crippen LogP contribution < -0.4 is 5.32 Å². The summed E-state index contributed by atoms with van der Waals surface area (Å²) in [5.74, 6) is 1.59. The summed E-state index contributed by atoms with van der Waals surface area (Å²) in [4.78, 5) is 3.89. The van der Waals surface area contributed by atoms with Crippen LogP contribution in [-0.4, -0.2) is 23.3 Å². The maximum atomic E-state index is 12.4. The van der Waals surface area contributed by atoms with Gasteiger partial charge in [-0.05, 0) is 43.9 Å². The minimum absolute atomic E-state index is 0.448. The van der Waals surface area contributed by atoms with Crippen LogP contribution in [0.3, 0.4) is 0 Å². The first-order chi connectivity index (χ1) is 9.50. The number of hydrogen-bond donors (Lipinski definition) is 1. The van der Waals surface area contributed by atoms with Gasteiger partial charge < -0.3 is 5.32 Å². The summed E-state index contributed by atoms with van der Waals surface area (Å²) < 4.78 is 37.3. The number of pyridine rings is 1. The smallest absolute Gasteiger partial charge is 0.313 e. The number of thioether (sulfide) groups is 1. The summed E-state index contributed by atoms with van der Waals surface area (Å²) in [5.41, 5.74) is -0.690. The number of nitrogens with one attached hydrogen (secondary N) is 1. The average molecular weight is 304 g/mol. The molecule has 1 aliphatic rings. The van der Waals surface area contributed by atoms with E-state index in [1.807, 2.05) is 0 Å². The van der Waals surface area contributed by atoms with Crippen LogP contribution in [0, 0.1) is 5.92 Å². The van der Waals surface area contributed by atoms with Crippen LogP contribution in [0.5, 0.6) is 0 Å². The second-order valence-corrected chi connectivity index (χ2v) is 6.13. The largest absolute Gasteiger partial charge is 0.417 e. The maximum Gasteiger partial charge on any atom is 0.417 e. The van der Waals surface area contributed by atoms with Crippen molar-refractivity contribution in [3.8, 4) is 0 Å². The molecule has 1 saturated carbocycles. The lowest BCUT2D eigenvalue weighted by molar-refractivity contribution is -0.137. The molecule has 0 radical (unpaired) electrons. The van der Waals surface area contributed by atoms with Gasteiger partial charge in [0.2, 0.25) is 0 Å². The molecule has 20 heavy (non-hydrogen) atoms. The summed E-state index contributed by atoms with van der Waals surface area (Å²) in [6.07, 6.45) is 0.195. The highest BCUT2D eigenvalue weighted by atomic mass is 32.2. The van der Waals surface area contributed by atoms with Gasteiger partial charge in [0.25, 0.3) is 0 Å². The standard InChI is InChI=1S/C14H19F3N2S/c1-2-7-18-12(10-3-4-10)9-20-13-6-5-11(8-19-13)14(15,16)17/h5-6,8,10,12,18H,2-4,7,9H2,1H3. The molecule has 2 rings (SSSR count). The second-order valence-electron chi connectivity index (χ2n) is 5.09. The van der Waals surface area contributed by atoms with Crippen molar-refractivity contribution < 1.29 is 13.2 Å². The fourth-order valence-corrected chi connectivity index (χ4v) is 3.03. The van der Waals surface area contributed by atoms with Crippen LogP contribution in [0.2, 0.25) is 0 Å². The van der Waals surface area contributed by atoms with Crippen molar-refractivity contribution in [2.75, 3.05) is 12.3 Å². The van der Waals surface area contributed by atoms with E-state index < -0.39 is 11.7 Å². The van der Waals surface area contributed by atoms with Crippen LogP contribution in [0.15, 0.2) is 23.4 Å². The molecule has 2 nitrogen and oxygen atoms in total. The summed E-state index contributed by atoms with van der Waals surface area (Å²) >= 11 is 1.53. The zero-order valence-electron chi connectivity index (χ0n) is 11.4. The first-order valence-corrected chi connectivity index (χ1v) is 7.88. The first-order valence-electron chi connectivity index (χ1n) is 6.90. The molecule has 0 spiro atoms. The lowest BCUT2D eigenvalue weighted by Crippen LogP contribution is -2.33. The monoisotopic (exact) mass is 304 g/mol. The third kappa shape index (κ3) is 4.66. The van der Waals surface area contributed by atoms with Crippen LogP contribution in [-0.2, 0) is 6.18 Å². The number of aromatic nitrogens is 1. The van der Waals surface area contributed by atoms with Gasteiger partial charge >= 0.3 is 6.18 Å². The van der Waals surface area contributed by atoms with E-state index in [2.05, 4.69) is 17.2 Å². The minimum atomic E-state index is -4.31. The van der Waals surface area contributed by atoms with Crippen molar-refractivity contribution in [2.24, 2.45) is 5.92 Å². The van der Waals surface area contributed by atoms with Crippen LogP contribution in [0.4, 0.5) is 13.2 Å². The lowest BCUT2D eigenvalue weighted by Gasteiger charge is -2.17. The number of nitrogens with zero attached hydrogens (tertiary/aromatic N) is 1. The zero-order valence-corrected chi connectivity index (χ0v) is 12.2.